The van der Waals surface area contributed by atoms with Crippen LogP contribution in [0, 0.1) is 0 Å². The SMILES string of the molecule is CCCN(C)c1ccc2ncn(-c3ccc(NC(=O)Nc4cc(C(C)(C)C)on4)cc3)c2c1. The number of urea groups is 1. The lowest BCUT2D eigenvalue weighted by Gasteiger charge is -2.18. The van der Waals surface area contributed by atoms with Crippen LogP contribution in [0.4, 0.5) is 22.0 Å². The lowest BCUT2D eigenvalue weighted by atomic mass is 9.93. The maximum atomic E-state index is 12.4. The minimum absolute atomic E-state index is 0.178. The highest BCUT2D eigenvalue weighted by atomic mass is 16.5. The first kappa shape index (κ1) is 22.4. The number of aromatic nitrogens is 3. The molecule has 0 radical (unpaired) electrons. The molecule has 0 saturated heterocycles. The Morgan fingerprint density at radius 2 is 1.85 bits per heavy atom. The molecule has 0 unspecified atom stereocenters. The Morgan fingerprint density at radius 3 is 2.52 bits per heavy atom. The van der Waals surface area contributed by atoms with Crippen molar-refractivity contribution in [2.24, 2.45) is 0 Å². The summed E-state index contributed by atoms with van der Waals surface area (Å²) in [6, 6.07) is 15.3. The van der Waals surface area contributed by atoms with Crippen molar-refractivity contribution in [1.29, 1.82) is 0 Å². The molecule has 2 amide bonds. The third kappa shape index (κ3) is 5.00. The second kappa shape index (κ2) is 8.97. The van der Waals surface area contributed by atoms with Crippen molar-refractivity contribution in [3.63, 3.8) is 0 Å². The monoisotopic (exact) mass is 446 g/mol. The van der Waals surface area contributed by atoms with Gasteiger partial charge in [-0.05, 0) is 48.9 Å². The van der Waals surface area contributed by atoms with E-state index in [1.54, 1.807) is 6.07 Å². The highest BCUT2D eigenvalue weighted by Gasteiger charge is 2.20. The molecule has 8 heteroatoms. The summed E-state index contributed by atoms with van der Waals surface area (Å²) in [4.78, 5) is 19.1. The molecule has 2 heterocycles. The van der Waals surface area contributed by atoms with Gasteiger partial charge in [0.2, 0.25) is 0 Å². The molecule has 4 aromatic rings. The van der Waals surface area contributed by atoms with Gasteiger partial charge >= 0.3 is 6.03 Å². The fraction of sp³-hybridized carbons (Fsp3) is 0.320. The summed E-state index contributed by atoms with van der Waals surface area (Å²) in [6.45, 7) is 9.23. The van der Waals surface area contributed by atoms with Gasteiger partial charge in [0.25, 0.3) is 0 Å². The van der Waals surface area contributed by atoms with Crippen molar-refractivity contribution in [2.75, 3.05) is 29.1 Å². The number of carbonyl (C=O) groups is 1. The average molecular weight is 447 g/mol. The second-order valence-electron chi connectivity index (χ2n) is 9.16. The minimum atomic E-state index is -0.381. The Hall–Kier alpha value is -3.81. The number of nitrogens with one attached hydrogen (secondary N) is 2. The fourth-order valence-corrected chi connectivity index (χ4v) is 3.58. The summed E-state index contributed by atoms with van der Waals surface area (Å²) in [5.41, 5.74) is 4.59. The largest absolute Gasteiger partial charge is 0.375 e. The first-order valence-electron chi connectivity index (χ1n) is 11.1. The zero-order valence-electron chi connectivity index (χ0n) is 19.7. The molecule has 33 heavy (non-hydrogen) atoms. The van der Waals surface area contributed by atoms with E-state index < -0.39 is 0 Å². The van der Waals surface area contributed by atoms with E-state index in [1.165, 1.54) is 0 Å². The molecule has 0 aliphatic carbocycles. The molecule has 172 valence electrons. The molecule has 0 aliphatic rings. The standard InChI is InChI=1S/C25H30N6O2/c1-6-13-30(5)19-11-12-20-21(14-19)31(16-26-20)18-9-7-17(8-10-18)27-24(32)28-23-15-22(33-29-23)25(2,3)4/h7-12,14-16H,6,13H2,1-5H3,(H2,27,28,29,32). The van der Waals surface area contributed by atoms with E-state index in [0.29, 0.717) is 17.3 Å². The number of anilines is 3. The van der Waals surface area contributed by atoms with Crippen LogP contribution in [-0.2, 0) is 5.41 Å². The van der Waals surface area contributed by atoms with Gasteiger partial charge in [0, 0.05) is 42.1 Å². The minimum Gasteiger partial charge on any atom is -0.375 e. The normalized spacial score (nSPS) is 11.5. The Bertz CT molecular complexity index is 1250. The van der Waals surface area contributed by atoms with Gasteiger partial charge in [0.15, 0.2) is 5.82 Å². The van der Waals surface area contributed by atoms with Crippen molar-refractivity contribution in [3.8, 4) is 5.69 Å². The molecule has 2 N–H and O–H groups in total. The number of hydrogen-bond donors (Lipinski definition) is 2. The zero-order valence-corrected chi connectivity index (χ0v) is 19.7. The highest BCUT2D eigenvalue weighted by molar-refractivity contribution is 5.99. The van der Waals surface area contributed by atoms with E-state index in [9.17, 15) is 4.79 Å². The number of carbonyl (C=O) groups excluding carboxylic acids is 1. The summed E-state index contributed by atoms with van der Waals surface area (Å²) in [7, 11) is 2.10. The molecule has 0 spiro atoms. The van der Waals surface area contributed by atoms with Gasteiger partial charge in [0.1, 0.15) is 12.1 Å². The lowest BCUT2D eigenvalue weighted by molar-refractivity contribution is 0.262. The van der Waals surface area contributed by atoms with Crippen LogP contribution in [0.25, 0.3) is 16.7 Å². The summed E-state index contributed by atoms with van der Waals surface area (Å²) >= 11 is 0. The van der Waals surface area contributed by atoms with E-state index >= 15 is 0 Å². The molecule has 4 rings (SSSR count). The van der Waals surface area contributed by atoms with Crippen molar-refractivity contribution < 1.29 is 9.32 Å². The Morgan fingerprint density at radius 1 is 1.09 bits per heavy atom. The van der Waals surface area contributed by atoms with Gasteiger partial charge in [-0.15, -0.1) is 0 Å². The summed E-state index contributed by atoms with van der Waals surface area (Å²) in [5.74, 6) is 1.08. The van der Waals surface area contributed by atoms with Crippen LogP contribution in [-0.4, -0.2) is 34.3 Å². The number of hydrogen-bond acceptors (Lipinski definition) is 5. The van der Waals surface area contributed by atoms with Crippen LogP contribution in [0.1, 0.15) is 39.9 Å². The number of fused-ring (bicyclic) bond motifs is 1. The smallest absolute Gasteiger partial charge is 0.324 e. The fourth-order valence-electron chi connectivity index (χ4n) is 3.58. The summed E-state index contributed by atoms with van der Waals surface area (Å²) in [6.07, 6.45) is 2.91. The van der Waals surface area contributed by atoms with E-state index in [1.807, 2.05) is 62.0 Å². The topological polar surface area (TPSA) is 88.2 Å². The molecule has 2 aromatic heterocycles. The number of imidazole rings is 1. The Kier molecular flexibility index (Phi) is 6.09. The molecule has 0 aliphatic heterocycles. The van der Waals surface area contributed by atoms with Crippen molar-refractivity contribution in [2.45, 2.75) is 39.5 Å². The van der Waals surface area contributed by atoms with Crippen LogP contribution in [0.3, 0.4) is 0 Å². The number of rotatable bonds is 6. The average Bonchev–Trinajstić information content (AvgIpc) is 3.41. The molecule has 0 saturated carbocycles. The van der Waals surface area contributed by atoms with Crippen LogP contribution >= 0.6 is 0 Å². The van der Waals surface area contributed by atoms with Crippen molar-refractivity contribution in [3.05, 3.63) is 60.6 Å². The number of nitrogens with zero attached hydrogens (tertiary/aromatic N) is 4. The van der Waals surface area contributed by atoms with Gasteiger partial charge in [-0.25, -0.2) is 9.78 Å². The molecule has 0 atom stereocenters. The summed E-state index contributed by atoms with van der Waals surface area (Å²) in [5, 5.41) is 9.44. The third-order valence-corrected chi connectivity index (χ3v) is 5.42. The second-order valence-corrected chi connectivity index (χ2v) is 9.16. The van der Waals surface area contributed by atoms with E-state index in [-0.39, 0.29) is 11.4 Å². The first-order valence-corrected chi connectivity index (χ1v) is 11.1. The third-order valence-electron chi connectivity index (χ3n) is 5.42. The van der Waals surface area contributed by atoms with Crippen LogP contribution in [0.2, 0.25) is 0 Å². The van der Waals surface area contributed by atoms with Gasteiger partial charge < -0.3 is 14.7 Å². The van der Waals surface area contributed by atoms with Crippen molar-refractivity contribution >= 4 is 34.3 Å². The van der Waals surface area contributed by atoms with Crippen LogP contribution in [0.15, 0.2) is 59.4 Å². The van der Waals surface area contributed by atoms with Crippen LogP contribution in [0.5, 0.6) is 0 Å². The molecule has 8 nitrogen and oxygen atoms in total. The maximum absolute atomic E-state index is 12.4. The molecule has 0 bridgehead atoms. The highest BCUT2D eigenvalue weighted by Crippen LogP contribution is 2.26. The quantitative estimate of drug-likeness (QED) is 0.391. The molecule has 2 aromatic carbocycles. The Balaban J connectivity index is 1.47. The Labute approximate surface area is 193 Å². The molecule has 0 fully saturated rings. The van der Waals surface area contributed by atoms with Gasteiger partial charge in [-0.2, -0.15) is 0 Å². The predicted molar refractivity (Wildman–Crippen MR) is 132 cm³/mol. The van der Waals surface area contributed by atoms with E-state index in [4.69, 9.17) is 4.52 Å². The number of benzene rings is 2. The number of amides is 2. The van der Waals surface area contributed by atoms with Gasteiger partial charge in [-0.1, -0.05) is 32.9 Å². The van der Waals surface area contributed by atoms with Crippen LogP contribution < -0.4 is 15.5 Å². The predicted octanol–water partition coefficient (Wildman–Crippen LogP) is 5.80. The zero-order chi connectivity index (χ0) is 23.6. The van der Waals surface area contributed by atoms with Gasteiger partial charge in [0.05, 0.1) is 11.0 Å². The first-order chi connectivity index (χ1) is 15.7. The molecular weight excluding hydrogens is 416 g/mol. The van der Waals surface area contributed by atoms with E-state index in [2.05, 4.69) is 51.8 Å². The lowest BCUT2D eigenvalue weighted by Crippen LogP contribution is -2.19. The van der Waals surface area contributed by atoms with Crippen molar-refractivity contribution in [1.82, 2.24) is 14.7 Å². The van der Waals surface area contributed by atoms with Gasteiger partial charge in [-0.3, -0.25) is 9.88 Å². The summed E-state index contributed by atoms with van der Waals surface area (Å²) < 4.78 is 7.35. The maximum Gasteiger partial charge on any atom is 0.324 e. The van der Waals surface area contributed by atoms with E-state index in [0.717, 1.165) is 35.4 Å². The molecular formula is C25H30N6O2.